The lowest BCUT2D eigenvalue weighted by Gasteiger charge is -2.21. The summed E-state index contributed by atoms with van der Waals surface area (Å²) in [7, 11) is 0. The van der Waals surface area contributed by atoms with Crippen molar-refractivity contribution >= 4 is 29.1 Å². The standard InChI is InChI=1S/C21H26ClN3O2/c1-13-8-7-9-14(2)20(13)25-19(26)12-23-21(27)16(4)24-15(3)17-10-5-6-11-18(17)22/h5-11,15-16,24H,12H2,1-4H3,(H,23,27)(H,25,26)/t15-,16+/m0/s1. The Kier molecular flexibility index (Phi) is 7.39. The van der Waals surface area contributed by atoms with Crippen LogP contribution in [-0.2, 0) is 9.59 Å². The number of hydrogen-bond donors (Lipinski definition) is 3. The summed E-state index contributed by atoms with van der Waals surface area (Å²) in [6, 6.07) is 12.8. The summed E-state index contributed by atoms with van der Waals surface area (Å²) in [5.41, 5.74) is 3.68. The van der Waals surface area contributed by atoms with Gasteiger partial charge in [0.05, 0.1) is 12.6 Å². The number of aryl methyl sites for hydroxylation is 2. The number of benzene rings is 2. The molecule has 0 aliphatic rings. The number of anilines is 1. The van der Waals surface area contributed by atoms with Gasteiger partial charge in [0.2, 0.25) is 11.8 Å². The van der Waals surface area contributed by atoms with Crippen LogP contribution >= 0.6 is 11.6 Å². The summed E-state index contributed by atoms with van der Waals surface area (Å²) in [4.78, 5) is 24.5. The van der Waals surface area contributed by atoms with Gasteiger partial charge in [-0.1, -0.05) is 48.0 Å². The Labute approximate surface area is 165 Å². The molecule has 0 aliphatic carbocycles. The van der Waals surface area contributed by atoms with Gasteiger partial charge in [-0.25, -0.2) is 0 Å². The fraction of sp³-hybridized carbons (Fsp3) is 0.333. The van der Waals surface area contributed by atoms with E-state index < -0.39 is 6.04 Å². The van der Waals surface area contributed by atoms with Crippen molar-refractivity contribution in [3.8, 4) is 0 Å². The summed E-state index contributed by atoms with van der Waals surface area (Å²) < 4.78 is 0. The summed E-state index contributed by atoms with van der Waals surface area (Å²) in [6.07, 6.45) is 0. The number of hydrogen-bond acceptors (Lipinski definition) is 3. The molecule has 0 saturated carbocycles. The number of nitrogens with one attached hydrogen (secondary N) is 3. The first-order valence-corrected chi connectivity index (χ1v) is 9.31. The molecular formula is C21H26ClN3O2. The van der Waals surface area contributed by atoms with Gasteiger partial charge in [0.15, 0.2) is 0 Å². The molecule has 2 rings (SSSR count). The predicted molar refractivity (Wildman–Crippen MR) is 110 cm³/mol. The number of rotatable bonds is 7. The molecule has 0 saturated heterocycles. The first-order chi connectivity index (χ1) is 12.8. The van der Waals surface area contributed by atoms with E-state index in [0.717, 1.165) is 22.4 Å². The molecule has 2 aromatic rings. The molecule has 3 N–H and O–H groups in total. The predicted octanol–water partition coefficient (Wildman–Crippen LogP) is 3.75. The van der Waals surface area contributed by atoms with Crippen molar-refractivity contribution in [3.63, 3.8) is 0 Å². The quantitative estimate of drug-likeness (QED) is 0.677. The average molecular weight is 388 g/mol. The Bertz CT molecular complexity index is 803. The Morgan fingerprint density at radius 2 is 1.63 bits per heavy atom. The Balaban J connectivity index is 1.86. The molecule has 0 heterocycles. The van der Waals surface area contributed by atoms with Crippen LogP contribution in [0.4, 0.5) is 5.69 Å². The summed E-state index contributed by atoms with van der Waals surface area (Å²) in [5, 5.41) is 9.37. The highest BCUT2D eigenvalue weighted by Crippen LogP contribution is 2.22. The Hall–Kier alpha value is -2.37. The fourth-order valence-corrected chi connectivity index (χ4v) is 3.18. The lowest BCUT2D eigenvalue weighted by atomic mass is 10.1. The van der Waals surface area contributed by atoms with E-state index >= 15 is 0 Å². The van der Waals surface area contributed by atoms with E-state index in [-0.39, 0.29) is 24.4 Å². The maximum absolute atomic E-state index is 12.3. The van der Waals surface area contributed by atoms with E-state index in [2.05, 4.69) is 16.0 Å². The summed E-state index contributed by atoms with van der Waals surface area (Å²) >= 11 is 6.19. The molecule has 5 nitrogen and oxygen atoms in total. The molecule has 0 bridgehead atoms. The van der Waals surface area contributed by atoms with Gasteiger partial charge < -0.3 is 10.6 Å². The average Bonchev–Trinajstić information content (AvgIpc) is 2.63. The van der Waals surface area contributed by atoms with Crippen molar-refractivity contribution in [1.82, 2.24) is 10.6 Å². The van der Waals surface area contributed by atoms with E-state index in [9.17, 15) is 9.59 Å². The van der Waals surface area contributed by atoms with Gasteiger partial charge in [0.1, 0.15) is 0 Å². The minimum absolute atomic E-state index is 0.0842. The molecule has 2 atom stereocenters. The number of carbonyl (C=O) groups is 2. The maximum atomic E-state index is 12.3. The van der Waals surface area contributed by atoms with E-state index in [1.807, 2.05) is 63.2 Å². The fourth-order valence-electron chi connectivity index (χ4n) is 2.88. The second kappa shape index (κ2) is 9.53. The van der Waals surface area contributed by atoms with Crippen molar-refractivity contribution in [1.29, 1.82) is 0 Å². The Morgan fingerprint density at radius 1 is 1.00 bits per heavy atom. The third kappa shape index (κ3) is 5.81. The molecule has 0 aliphatic heterocycles. The second-order valence-electron chi connectivity index (χ2n) is 6.66. The number of halogens is 1. The first kappa shape index (κ1) is 20.9. The van der Waals surface area contributed by atoms with Crippen LogP contribution in [0.3, 0.4) is 0 Å². The van der Waals surface area contributed by atoms with Crippen LogP contribution in [0.5, 0.6) is 0 Å². The van der Waals surface area contributed by atoms with Crippen LogP contribution in [0.15, 0.2) is 42.5 Å². The molecule has 0 unspecified atom stereocenters. The van der Waals surface area contributed by atoms with Gasteiger partial charge in [0, 0.05) is 16.8 Å². The van der Waals surface area contributed by atoms with Crippen LogP contribution < -0.4 is 16.0 Å². The van der Waals surface area contributed by atoms with Crippen molar-refractivity contribution in [2.75, 3.05) is 11.9 Å². The molecule has 6 heteroatoms. The van der Waals surface area contributed by atoms with Gasteiger partial charge in [-0.15, -0.1) is 0 Å². The monoisotopic (exact) mass is 387 g/mol. The summed E-state index contributed by atoms with van der Waals surface area (Å²) in [5.74, 6) is -0.502. The van der Waals surface area contributed by atoms with Crippen molar-refractivity contribution < 1.29 is 9.59 Å². The van der Waals surface area contributed by atoms with Gasteiger partial charge in [-0.05, 0) is 50.5 Å². The van der Waals surface area contributed by atoms with E-state index in [0.29, 0.717) is 5.02 Å². The van der Waals surface area contributed by atoms with Gasteiger partial charge in [-0.3, -0.25) is 14.9 Å². The van der Waals surface area contributed by atoms with Crippen molar-refractivity contribution in [3.05, 3.63) is 64.2 Å². The minimum Gasteiger partial charge on any atom is -0.346 e. The zero-order valence-corrected chi connectivity index (χ0v) is 16.9. The van der Waals surface area contributed by atoms with E-state index in [4.69, 9.17) is 11.6 Å². The zero-order valence-electron chi connectivity index (χ0n) is 16.1. The lowest BCUT2D eigenvalue weighted by molar-refractivity contribution is -0.125. The molecule has 0 fully saturated rings. The van der Waals surface area contributed by atoms with E-state index in [1.165, 1.54) is 0 Å². The number of amides is 2. The van der Waals surface area contributed by atoms with Crippen LogP contribution in [-0.4, -0.2) is 24.4 Å². The normalized spacial score (nSPS) is 12.9. The highest BCUT2D eigenvalue weighted by atomic mass is 35.5. The Morgan fingerprint density at radius 3 is 2.26 bits per heavy atom. The summed E-state index contributed by atoms with van der Waals surface area (Å²) in [6.45, 7) is 7.48. The number of carbonyl (C=O) groups excluding carboxylic acids is 2. The molecule has 0 spiro atoms. The molecule has 27 heavy (non-hydrogen) atoms. The van der Waals surface area contributed by atoms with Crippen LogP contribution in [0, 0.1) is 13.8 Å². The molecule has 0 aromatic heterocycles. The van der Waals surface area contributed by atoms with Crippen LogP contribution in [0.1, 0.15) is 36.6 Å². The van der Waals surface area contributed by atoms with Crippen molar-refractivity contribution in [2.45, 2.75) is 39.8 Å². The third-order valence-electron chi connectivity index (χ3n) is 4.43. The number of para-hydroxylation sites is 1. The largest absolute Gasteiger partial charge is 0.346 e. The highest BCUT2D eigenvalue weighted by Gasteiger charge is 2.18. The third-order valence-corrected chi connectivity index (χ3v) is 4.78. The smallest absolute Gasteiger partial charge is 0.243 e. The molecule has 2 aromatic carbocycles. The van der Waals surface area contributed by atoms with Crippen LogP contribution in [0.25, 0.3) is 0 Å². The van der Waals surface area contributed by atoms with Crippen LogP contribution in [0.2, 0.25) is 5.02 Å². The highest BCUT2D eigenvalue weighted by molar-refractivity contribution is 6.31. The lowest BCUT2D eigenvalue weighted by Crippen LogP contribution is -2.45. The minimum atomic E-state index is -0.468. The van der Waals surface area contributed by atoms with Gasteiger partial charge in [0.25, 0.3) is 0 Å². The van der Waals surface area contributed by atoms with Gasteiger partial charge in [-0.2, -0.15) is 0 Å². The second-order valence-corrected chi connectivity index (χ2v) is 7.07. The SMILES string of the molecule is Cc1cccc(C)c1NC(=O)CNC(=O)[C@@H](C)N[C@@H](C)c1ccccc1Cl. The van der Waals surface area contributed by atoms with Crippen molar-refractivity contribution in [2.24, 2.45) is 0 Å². The topological polar surface area (TPSA) is 70.2 Å². The zero-order chi connectivity index (χ0) is 20.0. The molecule has 2 amide bonds. The van der Waals surface area contributed by atoms with Gasteiger partial charge >= 0.3 is 0 Å². The van der Waals surface area contributed by atoms with E-state index in [1.54, 1.807) is 6.92 Å². The molecular weight excluding hydrogens is 362 g/mol. The molecule has 0 radical (unpaired) electrons. The first-order valence-electron chi connectivity index (χ1n) is 8.94. The molecule has 144 valence electrons. The maximum Gasteiger partial charge on any atom is 0.243 e.